The Kier molecular flexibility index (Phi) is 4.54. The van der Waals surface area contributed by atoms with E-state index in [4.69, 9.17) is 4.74 Å². The van der Waals surface area contributed by atoms with Gasteiger partial charge in [-0.15, -0.1) is 0 Å². The number of hydrogen-bond acceptors (Lipinski definition) is 3. The maximum atomic E-state index is 11.5. The molecular formula is C12H19NO3S. The van der Waals surface area contributed by atoms with Gasteiger partial charge in [0.25, 0.3) is 0 Å². The molecular weight excluding hydrogens is 238 g/mol. The van der Waals surface area contributed by atoms with Crippen LogP contribution in [0.3, 0.4) is 0 Å². The topological polar surface area (TPSA) is 55.4 Å². The largest absolute Gasteiger partial charge is 0.496 e. The Labute approximate surface area is 103 Å². The zero-order chi connectivity index (χ0) is 13.1. The van der Waals surface area contributed by atoms with Gasteiger partial charge in [0.05, 0.1) is 12.9 Å². The lowest BCUT2D eigenvalue weighted by Gasteiger charge is -2.17. The Morgan fingerprint density at radius 1 is 1.41 bits per heavy atom. The zero-order valence-electron chi connectivity index (χ0n) is 10.6. The quantitative estimate of drug-likeness (QED) is 0.877. The summed E-state index contributed by atoms with van der Waals surface area (Å²) in [5.74, 6) is 0.771. The van der Waals surface area contributed by atoms with Crippen LogP contribution in [0.5, 0.6) is 5.75 Å². The van der Waals surface area contributed by atoms with Crippen molar-refractivity contribution in [2.24, 2.45) is 0 Å². The average Bonchev–Trinajstić information content (AvgIpc) is 2.28. The second kappa shape index (κ2) is 5.51. The van der Waals surface area contributed by atoms with Gasteiger partial charge >= 0.3 is 0 Å². The van der Waals surface area contributed by atoms with Crippen LogP contribution in [0.15, 0.2) is 18.2 Å². The molecule has 1 aromatic rings. The first-order valence-corrected chi connectivity index (χ1v) is 7.19. The predicted octanol–water partition coefficient (Wildman–Crippen LogP) is 2.00. The van der Waals surface area contributed by atoms with Crippen LogP contribution in [-0.2, 0) is 10.0 Å². The minimum Gasteiger partial charge on any atom is -0.496 e. The molecule has 1 unspecified atom stereocenters. The van der Waals surface area contributed by atoms with Crippen molar-refractivity contribution in [1.29, 1.82) is 0 Å². The third kappa shape index (κ3) is 3.71. The summed E-state index contributed by atoms with van der Waals surface area (Å²) in [5.41, 5.74) is 1.92. The lowest BCUT2D eigenvalue weighted by molar-refractivity contribution is 0.405. The minimum absolute atomic E-state index is 0.0749. The Balaban J connectivity index is 3.03. The summed E-state index contributed by atoms with van der Waals surface area (Å²) in [7, 11) is -1.63. The summed E-state index contributed by atoms with van der Waals surface area (Å²) in [6.07, 6.45) is 0. The van der Waals surface area contributed by atoms with Gasteiger partial charge in [0.15, 0.2) is 0 Å². The normalized spacial score (nSPS) is 13.4. The molecule has 5 heteroatoms. The number of hydrogen-bond donors (Lipinski definition) is 1. The Bertz CT molecular complexity index is 483. The number of nitrogens with one attached hydrogen (secondary N) is 1. The van der Waals surface area contributed by atoms with Crippen molar-refractivity contribution in [1.82, 2.24) is 4.72 Å². The molecule has 0 saturated heterocycles. The fourth-order valence-corrected chi connectivity index (χ4v) is 2.44. The van der Waals surface area contributed by atoms with E-state index in [9.17, 15) is 8.42 Å². The maximum Gasteiger partial charge on any atom is 0.211 e. The molecule has 1 aromatic carbocycles. The number of rotatable bonds is 5. The number of aryl methyl sites for hydroxylation is 1. The molecule has 0 aliphatic heterocycles. The molecule has 0 bridgehead atoms. The fraction of sp³-hybridized carbons (Fsp3) is 0.500. The van der Waals surface area contributed by atoms with Gasteiger partial charge in [-0.05, 0) is 26.8 Å². The van der Waals surface area contributed by atoms with Crippen LogP contribution >= 0.6 is 0 Å². The number of methoxy groups -OCH3 is 1. The van der Waals surface area contributed by atoms with E-state index < -0.39 is 10.0 Å². The van der Waals surface area contributed by atoms with Crippen LogP contribution in [0.25, 0.3) is 0 Å². The van der Waals surface area contributed by atoms with Crippen molar-refractivity contribution < 1.29 is 13.2 Å². The van der Waals surface area contributed by atoms with E-state index in [2.05, 4.69) is 4.72 Å². The highest BCUT2D eigenvalue weighted by molar-refractivity contribution is 7.89. The number of sulfonamides is 1. The molecule has 0 aliphatic carbocycles. The fourth-order valence-electron chi connectivity index (χ4n) is 1.61. The van der Waals surface area contributed by atoms with E-state index in [0.29, 0.717) is 5.75 Å². The molecule has 0 saturated carbocycles. The van der Waals surface area contributed by atoms with E-state index in [1.54, 1.807) is 14.0 Å². The summed E-state index contributed by atoms with van der Waals surface area (Å²) < 4.78 is 30.9. The molecule has 4 nitrogen and oxygen atoms in total. The molecule has 0 heterocycles. The highest BCUT2D eigenvalue weighted by atomic mass is 32.2. The predicted molar refractivity (Wildman–Crippen MR) is 68.7 cm³/mol. The summed E-state index contributed by atoms with van der Waals surface area (Å²) in [6, 6.07) is 5.42. The van der Waals surface area contributed by atoms with Gasteiger partial charge in [-0.1, -0.05) is 17.7 Å². The Hall–Kier alpha value is -1.07. The van der Waals surface area contributed by atoms with Crippen LogP contribution in [0.4, 0.5) is 0 Å². The Morgan fingerprint density at radius 2 is 2.06 bits per heavy atom. The molecule has 0 aromatic heterocycles. The SMILES string of the molecule is CCS(=O)(=O)NC(C)c1cc(C)ccc1OC. The molecule has 0 amide bonds. The number of benzene rings is 1. The van der Waals surface area contributed by atoms with Gasteiger partial charge < -0.3 is 4.74 Å². The highest BCUT2D eigenvalue weighted by Crippen LogP contribution is 2.26. The maximum absolute atomic E-state index is 11.5. The average molecular weight is 257 g/mol. The highest BCUT2D eigenvalue weighted by Gasteiger charge is 2.17. The van der Waals surface area contributed by atoms with Crippen molar-refractivity contribution in [3.63, 3.8) is 0 Å². The molecule has 1 N–H and O–H groups in total. The second-order valence-corrected chi connectivity index (χ2v) is 6.03. The first-order valence-electron chi connectivity index (χ1n) is 5.54. The lowest BCUT2D eigenvalue weighted by Crippen LogP contribution is -2.28. The molecule has 0 fully saturated rings. The van der Waals surface area contributed by atoms with Crippen LogP contribution < -0.4 is 9.46 Å². The minimum atomic E-state index is -3.21. The number of ether oxygens (including phenoxy) is 1. The molecule has 0 aliphatic rings. The smallest absolute Gasteiger partial charge is 0.211 e. The van der Waals surface area contributed by atoms with Crippen LogP contribution in [0, 0.1) is 6.92 Å². The van der Waals surface area contributed by atoms with Gasteiger partial charge in [0.1, 0.15) is 5.75 Å². The van der Waals surface area contributed by atoms with Crippen LogP contribution in [0.2, 0.25) is 0 Å². The summed E-state index contributed by atoms with van der Waals surface area (Å²) in [5, 5.41) is 0. The van der Waals surface area contributed by atoms with Gasteiger partial charge in [-0.2, -0.15) is 0 Å². The van der Waals surface area contributed by atoms with Gasteiger partial charge in [-0.3, -0.25) is 0 Å². The first-order chi connectivity index (χ1) is 7.89. The summed E-state index contributed by atoms with van der Waals surface area (Å²) >= 11 is 0. The van der Waals surface area contributed by atoms with E-state index in [1.165, 1.54) is 0 Å². The summed E-state index contributed by atoms with van der Waals surface area (Å²) in [4.78, 5) is 0. The van der Waals surface area contributed by atoms with Gasteiger partial charge in [-0.25, -0.2) is 13.1 Å². The Morgan fingerprint density at radius 3 is 2.59 bits per heavy atom. The van der Waals surface area contributed by atoms with E-state index in [0.717, 1.165) is 11.1 Å². The molecule has 17 heavy (non-hydrogen) atoms. The van der Waals surface area contributed by atoms with Crippen molar-refractivity contribution >= 4 is 10.0 Å². The summed E-state index contributed by atoms with van der Waals surface area (Å²) in [6.45, 7) is 5.39. The molecule has 96 valence electrons. The standard InChI is InChI=1S/C12H19NO3S/c1-5-17(14,15)13-10(3)11-8-9(2)6-7-12(11)16-4/h6-8,10,13H,5H2,1-4H3. The molecule has 0 radical (unpaired) electrons. The second-order valence-electron chi connectivity index (χ2n) is 3.99. The van der Waals surface area contributed by atoms with Crippen molar-refractivity contribution in [3.05, 3.63) is 29.3 Å². The van der Waals surface area contributed by atoms with Gasteiger partial charge in [0, 0.05) is 11.6 Å². The zero-order valence-corrected chi connectivity index (χ0v) is 11.5. The first kappa shape index (κ1) is 14.0. The van der Waals surface area contributed by atoms with Crippen molar-refractivity contribution in [2.45, 2.75) is 26.8 Å². The van der Waals surface area contributed by atoms with Crippen molar-refractivity contribution in [2.75, 3.05) is 12.9 Å². The van der Waals surface area contributed by atoms with E-state index >= 15 is 0 Å². The van der Waals surface area contributed by atoms with E-state index in [1.807, 2.05) is 32.0 Å². The monoisotopic (exact) mass is 257 g/mol. The molecule has 1 rings (SSSR count). The molecule has 1 atom stereocenters. The molecule has 0 spiro atoms. The van der Waals surface area contributed by atoms with Crippen LogP contribution in [0.1, 0.15) is 31.0 Å². The van der Waals surface area contributed by atoms with E-state index in [-0.39, 0.29) is 11.8 Å². The third-order valence-electron chi connectivity index (χ3n) is 2.59. The van der Waals surface area contributed by atoms with Crippen LogP contribution in [-0.4, -0.2) is 21.3 Å². The lowest BCUT2D eigenvalue weighted by atomic mass is 10.1. The van der Waals surface area contributed by atoms with Crippen molar-refractivity contribution in [3.8, 4) is 5.75 Å². The third-order valence-corrected chi connectivity index (χ3v) is 4.06. The van der Waals surface area contributed by atoms with Gasteiger partial charge in [0.2, 0.25) is 10.0 Å².